The van der Waals surface area contributed by atoms with Crippen molar-refractivity contribution in [1.29, 1.82) is 0 Å². The molecule has 4 fully saturated rings. The van der Waals surface area contributed by atoms with Crippen LogP contribution in [0.15, 0.2) is 0 Å². The Bertz CT molecular complexity index is 385. The first-order valence-corrected chi connectivity index (χ1v) is 8.22. The smallest absolute Gasteiger partial charge is 0.315 e. The Balaban J connectivity index is 1.17. The summed E-state index contributed by atoms with van der Waals surface area (Å²) >= 11 is 0. The quantitative estimate of drug-likeness (QED) is 0.810. The minimum atomic E-state index is -0.00368. The number of amides is 2. The third-order valence-corrected chi connectivity index (χ3v) is 5.35. The van der Waals surface area contributed by atoms with Crippen molar-refractivity contribution in [3.63, 3.8) is 0 Å². The highest BCUT2D eigenvalue weighted by Crippen LogP contribution is 2.34. The molecule has 5 nitrogen and oxygen atoms in total. The van der Waals surface area contributed by atoms with E-state index in [-0.39, 0.29) is 18.2 Å². The van der Waals surface area contributed by atoms with Gasteiger partial charge in [-0.3, -0.25) is 0 Å². The summed E-state index contributed by atoms with van der Waals surface area (Å²) in [4.78, 5) is 14.6. The Morgan fingerprint density at radius 2 is 2.10 bits per heavy atom. The van der Waals surface area contributed by atoms with E-state index in [1.54, 1.807) is 0 Å². The molecule has 0 unspecified atom stereocenters. The first-order chi connectivity index (χ1) is 9.78. The van der Waals surface area contributed by atoms with Gasteiger partial charge in [0.1, 0.15) is 0 Å². The standard InChI is InChI=1S/C15H25N3O2/c19-15(17-13-7-12-3-4-14(13)20-12)16-8-10-5-6-18(9-10)11-1-2-11/h10-14H,1-9H2,(H2,16,17,19)/t10-,12-,13+,14-/m1/s1. The minimum Gasteiger partial charge on any atom is -0.373 e. The number of likely N-dealkylation sites (tertiary alicyclic amines) is 1. The lowest BCUT2D eigenvalue weighted by atomic mass is 9.96. The van der Waals surface area contributed by atoms with Crippen molar-refractivity contribution >= 4 is 6.03 Å². The van der Waals surface area contributed by atoms with Gasteiger partial charge in [0.2, 0.25) is 0 Å². The molecule has 0 aromatic carbocycles. The van der Waals surface area contributed by atoms with Crippen LogP contribution >= 0.6 is 0 Å². The monoisotopic (exact) mass is 279 g/mol. The second-order valence-electron chi connectivity index (χ2n) is 6.95. The zero-order valence-electron chi connectivity index (χ0n) is 12.0. The summed E-state index contributed by atoms with van der Waals surface area (Å²) in [5.41, 5.74) is 0. The number of urea groups is 1. The van der Waals surface area contributed by atoms with E-state index >= 15 is 0 Å². The number of nitrogens with zero attached hydrogens (tertiary/aromatic N) is 1. The van der Waals surface area contributed by atoms with Gasteiger partial charge in [-0.25, -0.2) is 4.79 Å². The summed E-state index contributed by atoms with van der Waals surface area (Å²) in [5.74, 6) is 0.637. The molecule has 3 heterocycles. The Morgan fingerprint density at radius 3 is 2.80 bits per heavy atom. The van der Waals surface area contributed by atoms with Crippen molar-refractivity contribution in [3.8, 4) is 0 Å². The maximum Gasteiger partial charge on any atom is 0.315 e. The summed E-state index contributed by atoms with van der Waals surface area (Å²) in [7, 11) is 0. The van der Waals surface area contributed by atoms with Crippen molar-refractivity contribution in [3.05, 3.63) is 0 Å². The molecule has 2 amide bonds. The van der Waals surface area contributed by atoms with Crippen LogP contribution in [-0.4, -0.2) is 54.9 Å². The number of hydrogen-bond donors (Lipinski definition) is 2. The van der Waals surface area contributed by atoms with Gasteiger partial charge >= 0.3 is 6.03 Å². The number of hydrogen-bond acceptors (Lipinski definition) is 3. The van der Waals surface area contributed by atoms with E-state index in [1.165, 1.54) is 38.8 Å². The molecule has 112 valence electrons. The second-order valence-corrected chi connectivity index (χ2v) is 6.95. The molecule has 4 aliphatic rings. The highest BCUT2D eigenvalue weighted by Gasteiger charge is 2.41. The lowest BCUT2D eigenvalue weighted by Gasteiger charge is -2.21. The molecule has 4 atom stereocenters. The fourth-order valence-electron chi connectivity index (χ4n) is 4.05. The normalized spacial score (nSPS) is 40.2. The molecule has 3 aliphatic heterocycles. The predicted octanol–water partition coefficient (Wildman–Crippen LogP) is 1.09. The fraction of sp³-hybridized carbons (Fsp3) is 0.933. The molecule has 1 saturated carbocycles. The summed E-state index contributed by atoms with van der Waals surface area (Å²) in [6.07, 6.45) is 7.92. The van der Waals surface area contributed by atoms with E-state index in [0.717, 1.165) is 25.4 Å². The summed E-state index contributed by atoms with van der Waals surface area (Å²) in [6, 6.07) is 1.09. The number of ether oxygens (including phenoxy) is 1. The lowest BCUT2D eigenvalue weighted by molar-refractivity contribution is 0.0981. The Labute approximate surface area is 120 Å². The molecule has 2 N–H and O–H groups in total. The number of fused-ring (bicyclic) bond motifs is 2. The number of carbonyl (C=O) groups excluding carboxylic acids is 1. The van der Waals surface area contributed by atoms with Crippen LogP contribution in [0.2, 0.25) is 0 Å². The van der Waals surface area contributed by atoms with Gasteiger partial charge < -0.3 is 20.3 Å². The molecular weight excluding hydrogens is 254 g/mol. The van der Waals surface area contributed by atoms with Crippen LogP contribution in [0.3, 0.4) is 0 Å². The van der Waals surface area contributed by atoms with E-state index in [0.29, 0.717) is 12.0 Å². The molecule has 0 aromatic heterocycles. The van der Waals surface area contributed by atoms with Crippen molar-refractivity contribution in [2.75, 3.05) is 19.6 Å². The van der Waals surface area contributed by atoms with Crippen LogP contribution in [0.25, 0.3) is 0 Å². The van der Waals surface area contributed by atoms with Crippen LogP contribution < -0.4 is 10.6 Å². The summed E-state index contributed by atoms with van der Waals surface area (Å²) < 4.78 is 5.76. The number of nitrogens with one attached hydrogen (secondary N) is 2. The van der Waals surface area contributed by atoms with Gasteiger partial charge in [0.25, 0.3) is 0 Å². The molecule has 3 saturated heterocycles. The van der Waals surface area contributed by atoms with Crippen LogP contribution in [0.5, 0.6) is 0 Å². The van der Waals surface area contributed by atoms with E-state index in [4.69, 9.17) is 4.74 Å². The van der Waals surface area contributed by atoms with Crippen LogP contribution in [-0.2, 0) is 4.74 Å². The minimum absolute atomic E-state index is 0.00368. The van der Waals surface area contributed by atoms with Gasteiger partial charge in [0, 0.05) is 19.1 Å². The number of carbonyl (C=O) groups is 1. The van der Waals surface area contributed by atoms with Gasteiger partial charge in [-0.15, -0.1) is 0 Å². The average Bonchev–Trinajstić information content (AvgIpc) is 2.89. The number of rotatable bonds is 4. The Morgan fingerprint density at radius 1 is 1.20 bits per heavy atom. The van der Waals surface area contributed by atoms with E-state index < -0.39 is 0 Å². The molecule has 0 radical (unpaired) electrons. The van der Waals surface area contributed by atoms with Crippen molar-refractivity contribution < 1.29 is 9.53 Å². The molecular formula is C15H25N3O2. The first-order valence-electron chi connectivity index (χ1n) is 8.22. The topological polar surface area (TPSA) is 53.6 Å². The van der Waals surface area contributed by atoms with E-state index in [9.17, 15) is 4.79 Å². The van der Waals surface area contributed by atoms with Crippen molar-refractivity contribution in [2.45, 2.75) is 62.8 Å². The summed E-state index contributed by atoms with van der Waals surface area (Å²) in [6.45, 7) is 3.21. The maximum atomic E-state index is 12.0. The third kappa shape index (κ3) is 2.66. The molecule has 4 rings (SSSR count). The first kappa shape index (κ1) is 12.9. The van der Waals surface area contributed by atoms with Crippen molar-refractivity contribution in [2.24, 2.45) is 5.92 Å². The summed E-state index contributed by atoms with van der Waals surface area (Å²) in [5, 5.41) is 6.15. The molecule has 5 heteroatoms. The average molecular weight is 279 g/mol. The SMILES string of the molecule is O=C(NC[C@H]1CCN(C2CC2)C1)N[C@H]1C[C@H]2CC[C@H]1O2. The second kappa shape index (κ2) is 5.19. The fourth-order valence-corrected chi connectivity index (χ4v) is 4.05. The molecule has 1 aliphatic carbocycles. The van der Waals surface area contributed by atoms with Crippen LogP contribution in [0.4, 0.5) is 4.79 Å². The van der Waals surface area contributed by atoms with E-state index in [1.807, 2.05) is 0 Å². The van der Waals surface area contributed by atoms with Gasteiger partial charge in [0.05, 0.1) is 18.2 Å². The highest BCUT2D eigenvalue weighted by atomic mass is 16.5. The van der Waals surface area contributed by atoms with E-state index in [2.05, 4.69) is 15.5 Å². The molecule has 2 bridgehead atoms. The van der Waals surface area contributed by atoms with Crippen LogP contribution in [0.1, 0.15) is 38.5 Å². The van der Waals surface area contributed by atoms with Gasteiger partial charge in [0.15, 0.2) is 0 Å². The van der Waals surface area contributed by atoms with Gasteiger partial charge in [-0.1, -0.05) is 0 Å². The Hall–Kier alpha value is -0.810. The highest BCUT2D eigenvalue weighted by molar-refractivity contribution is 5.74. The van der Waals surface area contributed by atoms with Gasteiger partial charge in [-0.2, -0.15) is 0 Å². The largest absolute Gasteiger partial charge is 0.373 e. The molecule has 0 aromatic rings. The maximum absolute atomic E-state index is 12.0. The molecule has 20 heavy (non-hydrogen) atoms. The zero-order chi connectivity index (χ0) is 13.5. The lowest BCUT2D eigenvalue weighted by Crippen LogP contribution is -2.47. The molecule has 0 spiro atoms. The third-order valence-electron chi connectivity index (χ3n) is 5.35. The zero-order valence-corrected chi connectivity index (χ0v) is 12.0. The van der Waals surface area contributed by atoms with Crippen LogP contribution in [0, 0.1) is 5.92 Å². The Kier molecular flexibility index (Phi) is 3.34. The van der Waals surface area contributed by atoms with Gasteiger partial charge in [-0.05, 0) is 51.0 Å². The predicted molar refractivity (Wildman–Crippen MR) is 75.5 cm³/mol. The van der Waals surface area contributed by atoms with Crippen molar-refractivity contribution in [1.82, 2.24) is 15.5 Å².